The Labute approximate surface area is 42.4 Å². The molecule has 0 bridgehead atoms. The molecule has 0 heterocycles. The lowest BCUT2D eigenvalue weighted by Gasteiger charge is -2.03. The number of carbonyl (C=O) groups excluding carboxylic acids is 1. The SMILES string of the molecule is C=CN(C)C(N)=O. The first kappa shape index (κ1) is 6.01. The van der Waals surface area contributed by atoms with E-state index in [-0.39, 0.29) is 0 Å². The van der Waals surface area contributed by atoms with Gasteiger partial charge >= 0.3 is 6.03 Å². The molecular weight excluding hydrogens is 92.1 g/mol. The lowest BCUT2D eigenvalue weighted by molar-refractivity contribution is 0.231. The molecule has 0 saturated carbocycles. The molecule has 0 aliphatic carbocycles. The van der Waals surface area contributed by atoms with Gasteiger partial charge in [-0.1, -0.05) is 6.58 Å². The van der Waals surface area contributed by atoms with Crippen molar-refractivity contribution >= 4 is 6.03 Å². The van der Waals surface area contributed by atoms with Crippen molar-refractivity contribution in [1.29, 1.82) is 0 Å². The molecule has 2 amide bonds. The maximum atomic E-state index is 10.0. The summed E-state index contributed by atoms with van der Waals surface area (Å²) in [5.41, 5.74) is 4.76. The first-order valence-corrected chi connectivity index (χ1v) is 1.83. The highest BCUT2D eigenvalue weighted by Crippen LogP contribution is 1.76. The van der Waals surface area contributed by atoms with Crippen molar-refractivity contribution in [3.05, 3.63) is 12.8 Å². The standard InChI is InChI=1S/C4H8N2O/c1-3-6(2)4(5)7/h3H,1H2,2H3,(H2,5,7). The van der Waals surface area contributed by atoms with Gasteiger partial charge in [0, 0.05) is 13.2 Å². The van der Waals surface area contributed by atoms with Crippen LogP contribution in [0.3, 0.4) is 0 Å². The summed E-state index contributed by atoms with van der Waals surface area (Å²) >= 11 is 0. The Balaban J connectivity index is 3.55. The summed E-state index contributed by atoms with van der Waals surface area (Å²) in [6, 6.07) is -0.491. The van der Waals surface area contributed by atoms with Crippen molar-refractivity contribution in [2.75, 3.05) is 7.05 Å². The summed E-state index contributed by atoms with van der Waals surface area (Å²) in [6.45, 7) is 3.31. The highest BCUT2D eigenvalue weighted by Gasteiger charge is 1.91. The van der Waals surface area contributed by atoms with Crippen LogP contribution in [0.2, 0.25) is 0 Å². The zero-order valence-electron chi connectivity index (χ0n) is 4.22. The molecule has 0 aliphatic rings. The Kier molecular flexibility index (Phi) is 1.91. The molecule has 0 radical (unpaired) electrons. The van der Waals surface area contributed by atoms with Gasteiger partial charge in [-0.05, 0) is 0 Å². The second-order valence-corrected chi connectivity index (χ2v) is 1.13. The van der Waals surface area contributed by atoms with E-state index in [2.05, 4.69) is 6.58 Å². The van der Waals surface area contributed by atoms with Crippen LogP contribution in [0.25, 0.3) is 0 Å². The van der Waals surface area contributed by atoms with Crippen LogP contribution in [0.5, 0.6) is 0 Å². The van der Waals surface area contributed by atoms with Gasteiger partial charge < -0.3 is 10.6 Å². The van der Waals surface area contributed by atoms with Crippen LogP contribution >= 0.6 is 0 Å². The fraction of sp³-hybridized carbons (Fsp3) is 0.250. The average Bonchev–Trinajstić information content (AvgIpc) is 1.65. The summed E-state index contributed by atoms with van der Waals surface area (Å²) < 4.78 is 0. The number of amides is 2. The molecule has 3 heteroatoms. The van der Waals surface area contributed by atoms with Crippen molar-refractivity contribution in [2.45, 2.75) is 0 Å². The zero-order chi connectivity index (χ0) is 5.86. The van der Waals surface area contributed by atoms with Crippen LogP contribution in [0.4, 0.5) is 4.79 Å². The topological polar surface area (TPSA) is 46.3 Å². The first-order valence-electron chi connectivity index (χ1n) is 1.83. The Morgan fingerprint density at radius 2 is 2.43 bits per heavy atom. The third-order valence-corrected chi connectivity index (χ3v) is 0.621. The number of nitrogens with zero attached hydrogens (tertiary/aromatic N) is 1. The van der Waals surface area contributed by atoms with E-state index in [1.54, 1.807) is 0 Å². The van der Waals surface area contributed by atoms with E-state index in [9.17, 15) is 4.79 Å². The maximum Gasteiger partial charge on any atom is 0.318 e. The second kappa shape index (κ2) is 2.23. The van der Waals surface area contributed by atoms with Gasteiger partial charge in [0.05, 0.1) is 0 Å². The van der Waals surface area contributed by atoms with Crippen LogP contribution in [-0.4, -0.2) is 18.0 Å². The van der Waals surface area contributed by atoms with Gasteiger partial charge in [-0.3, -0.25) is 0 Å². The molecule has 0 aliphatic heterocycles. The molecule has 7 heavy (non-hydrogen) atoms. The summed E-state index contributed by atoms with van der Waals surface area (Å²) in [5, 5.41) is 0. The molecule has 0 aromatic rings. The Morgan fingerprint density at radius 1 is 2.00 bits per heavy atom. The number of hydrogen-bond donors (Lipinski definition) is 1. The van der Waals surface area contributed by atoms with Crippen molar-refractivity contribution < 1.29 is 4.79 Å². The Bertz CT molecular complexity index is 89.7. The molecule has 2 N–H and O–H groups in total. The van der Waals surface area contributed by atoms with E-state index in [4.69, 9.17) is 5.73 Å². The monoisotopic (exact) mass is 100 g/mol. The summed E-state index contributed by atoms with van der Waals surface area (Å²) in [4.78, 5) is 11.2. The normalized spacial score (nSPS) is 7.57. The van der Waals surface area contributed by atoms with Gasteiger partial charge in [0.1, 0.15) is 0 Å². The van der Waals surface area contributed by atoms with Crippen molar-refractivity contribution in [3.8, 4) is 0 Å². The fourth-order valence-corrected chi connectivity index (χ4v) is 0.0900. The third-order valence-electron chi connectivity index (χ3n) is 0.621. The van der Waals surface area contributed by atoms with Crippen LogP contribution in [0.15, 0.2) is 12.8 Å². The average molecular weight is 100 g/mol. The van der Waals surface area contributed by atoms with Crippen LogP contribution < -0.4 is 5.73 Å². The van der Waals surface area contributed by atoms with Crippen LogP contribution in [0.1, 0.15) is 0 Å². The summed E-state index contributed by atoms with van der Waals surface area (Å²) in [6.07, 6.45) is 1.35. The van der Waals surface area contributed by atoms with E-state index < -0.39 is 6.03 Å². The molecular formula is C4H8N2O. The molecule has 0 saturated heterocycles. The number of primary amides is 1. The van der Waals surface area contributed by atoms with E-state index in [1.165, 1.54) is 18.1 Å². The molecule has 0 fully saturated rings. The van der Waals surface area contributed by atoms with Gasteiger partial charge in [0.25, 0.3) is 0 Å². The first-order chi connectivity index (χ1) is 3.18. The minimum Gasteiger partial charge on any atom is -0.351 e. The van der Waals surface area contributed by atoms with Crippen molar-refractivity contribution in [2.24, 2.45) is 5.73 Å². The van der Waals surface area contributed by atoms with E-state index in [0.717, 1.165) is 0 Å². The van der Waals surface area contributed by atoms with Crippen molar-refractivity contribution in [3.63, 3.8) is 0 Å². The van der Waals surface area contributed by atoms with E-state index >= 15 is 0 Å². The predicted molar refractivity (Wildman–Crippen MR) is 27.5 cm³/mol. The van der Waals surface area contributed by atoms with Crippen molar-refractivity contribution in [1.82, 2.24) is 4.90 Å². The number of carbonyl (C=O) groups is 1. The Hall–Kier alpha value is -0.990. The van der Waals surface area contributed by atoms with Crippen LogP contribution in [0, 0.1) is 0 Å². The fourth-order valence-electron chi connectivity index (χ4n) is 0.0900. The molecule has 0 unspecified atom stereocenters. The van der Waals surface area contributed by atoms with Crippen LogP contribution in [-0.2, 0) is 0 Å². The minimum absolute atomic E-state index is 0.491. The lowest BCUT2D eigenvalue weighted by atomic mass is 10.8. The maximum absolute atomic E-state index is 10.0. The molecule has 0 rings (SSSR count). The molecule has 40 valence electrons. The number of hydrogen-bond acceptors (Lipinski definition) is 1. The molecule has 0 atom stereocenters. The van der Waals surface area contributed by atoms with E-state index in [0.29, 0.717) is 0 Å². The van der Waals surface area contributed by atoms with Gasteiger partial charge in [-0.25, -0.2) is 4.79 Å². The zero-order valence-corrected chi connectivity index (χ0v) is 4.22. The molecule has 0 spiro atoms. The van der Waals surface area contributed by atoms with Gasteiger partial charge in [0.15, 0.2) is 0 Å². The summed E-state index contributed by atoms with van der Waals surface area (Å²) in [7, 11) is 1.54. The third kappa shape index (κ3) is 1.81. The Morgan fingerprint density at radius 3 is 2.43 bits per heavy atom. The second-order valence-electron chi connectivity index (χ2n) is 1.13. The predicted octanol–water partition coefficient (Wildman–Crippen LogP) is 0.140. The number of nitrogens with two attached hydrogens (primary N) is 1. The van der Waals surface area contributed by atoms with Gasteiger partial charge in [-0.15, -0.1) is 0 Å². The van der Waals surface area contributed by atoms with Gasteiger partial charge in [0.2, 0.25) is 0 Å². The quantitative estimate of drug-likeness (QED) is 0.500. The molecule has 0 aromatic carbocycles. The highest BCUT2D eigenvalue weighted by molar-refractivity contribution is 5.72. The van der Waals surface area contributed by atoms with E-state index in [1.807, 2.05) is 0 Å². The summed E-state index contributed by atoms with van der Waals surface area (Å²) in [5.74, 6) is 0. The number of rotatable bonds is 1. The molecule has 3 nitrogen and oxygen atoms in total. The highest BCUT2D eigenvalue weighted by atomic mass is 16.2. The van der Waals surface area contributed by atoms with Gasteiger partial charge in [-0.2, -0.15) is 0 Å². The lowest BCUT2D eigenvalue weighted by Crippen LogP contribution is -2.26. The largest absolute Gasteiger partial charge is 0.351 e. The number of urea groups is 1. The minimum atomic E-state index is -0.491. The smallest absolute Gasteiger partial charge is 0.318 e. The molecule has 0 aromatic heterocycles.